The van der Waals surface area contributed by atoms with Crippen LogP contribution in [0.4, 0.5) is 0 Å². The molecule has 0 aromatic heterocycles. The Bertz CT molecular complexity index is 517. The van der Waals surface area contributed by atoms with Crippen molar-refractivity contribution in [2.24, 2.45) is 23.5 Å². The van der Waals surface area contributed by atoms with Crippen molar-refractivity contribution in [3.63, 3.8) is 0 Å². The van der Waals surface area contributed by atoms with Gasteiger partial charge in [0.1, 0.15) is 0 Å². The van der Waals surface area contributed by atoms with E-state index in [1.165, 1.54) is 31.2 Å². The van der Waals surface area contributed by atoms with E-state index in [2.05, 4.69) is 43.4 Å². The van der Waals surface area contributed by atoms with E-state index in [1.807, 2.05) is 0 Å². The van der Waals surface area contributed by atoms with E-state index < -0.39 is 0 Å². The minimum atomic E-state index is -0.119. The Morgan fingerprint density at radius 3 is 2.17 bits per heavy atom. The Morgan fingerprint density at radius 1 is 1.13 bits per heavy atom. The van der Waals surface area contributed by atoms with Crippen LogP contribution in [0.15, 0.2) is 24.3 Å². The summed E-state index contributed by atoms with van der Waals surface area (Å²) in [5, 5.41) is 3.07. The van der Waals surface area contributed by atoms with Crippen molar-refractivity contribution in [3.05, 3.63) is 35.4 Å². The Morgan fingerprint density at radius 2 is 1.65 bits per heavy atom. The summed E-state index contributed by atoms with van der Waals surface area (Å²) >= 11 is 0. The number of hydrogen-bond acceptors (Lipinski definition) is 2. The van der Waals surface area contributed by atoms with Gasteiger partial charge < -0.3 is 11.1 Å². The number of rotatable bonds is 5. The van der Waals surface area contributed by atoms with Crippen LogP contribution in [0.25, 0.3) is 0 Å². The molecule has 0 aliphatic heterocycles. The molecular formula is C19H29ClN2O. The van der Waals surface area contributed by atoms with Crippen LogP contribution in [-0.4, -0.2) is 12.5 Å². The highest BCUT2D eigenvalue weighted by atomic mass is 35.5. The average molecular weight is 337 g/mol. The molecule has 2 aliphatic carbocycles. The number of benzene rings is 1. The quantitative estimate of drug-likeness (QED) is 0.859. The number of carbonyl (C=O) groups excluding carboxylic acids is 1. The SMILES string of the molecule is CC(C)c1ccc(C(N)CNC(=O)C2C3CCCCC32)cc1.Cl. The number of fused-ring (bicyclic) bond motifs is 1. The summed E-state index contributed by atoms with van der Waals surface area (Å²) in [6.07, 6.45) is 5.08. The third kappa shape index (κ3) is 4.07. The summed E-state index contributed by atoms with van der Waals surface area (Å²) in [5.74, 6) is 2.36. The predicted octanol–water partition coefficient (Wildman–Crippen LogP) is 3.78. The molecule has 0 heterocycles. The average Bonchev–Trinajstić information content (AvgIpc) is 3.27. The largest absolute Gasteiger partial charge is 0.354 e. The van der Waals surface area contributed by atoms with Crippen LogP contribution >= 0.6 is 12.4 Å². The van der Waals surface area contributed by atoms with Crippen molar-refractivity contribution in [1.29, 1.82) is 0 Å². The summed E-state index contributed by atoms with van der Waals surface area (Å²) in [6, 6.07) is 8.33. The highest BCUT2D eigenvalue weighted by Crippen LogP contribution is 2.55. The molecule has 3 N–H and O–H groups in total. The molecule has 23 heavy (non-hydrogen) atoms. The molecule has 0 saturated heterocycles. The highest BCUT2D eigenvalue weighted by molar-refractivity contribution is 5.85. The van der Waals surface area contributed by atoms with Gasteiger partial charge in [-0.2, -0.15) is 0 Å². The number of nitrogens with two attached hydrogens (primary N) is 1. The lowest BCUT2D eigenvalue weighted by Crippen LogP contribution is -2.33. The van der Waals surface area contributed by atoms with E-state index in [0.29, 0.717) is 24.3 Å². The molecule has 1 aromatic carbocycles. The second kappa shape index (κ2) is 7.67. The predicted molar refractivity (Wildman–Crippen MR) is 96.7 cm³/mol. The number of nitrogens with one attached hydrogen (secondary N) is 1. The van der Waals surface area contributed by atoms with Gasteiger partial charge in [-0.25, -0.2) is 0 Å². The molecule has 3 rings (SSSR count). The molecule has 3 nitrogen and oxygen atoms in total. The molecule has 0 radical (unpaired) electrons. The fraction of sp³-hybridized carbons (Fsp3) is 0.632. The van der Waals surface area contributed by atoms with Crippen molar-refractivity contribution < 1.29 is 4.79 Å². The maximum atomic E-state index is 12.3. The number of carbonyl (C=O) groups is 1. The Balaban J connectivity index is 0.00000192. The van der Waals surface area contributed by atoms with Crippen molar-refractivity contribution in [2.45, 2.75) is 51.5 Å². The second-order valence-corrected chi connectivity index (χ2v) is 7.31. The standard InChI is InChI=1S/C19H28N2O.ClH/c1-12(2)13-7-9-14(10-8-13)17(20)11-21-19(22)18-15-5-3-4-6-16(15)18;/h7-10,12,15-18H,3-6,11,20H2,1-2H3,(H,21,22);1H. The Hall–Kier alpha value is -1.06. The third-order valence-electron chi connectivity index (χ3n) is 5.49. The molecule has 4 heteroatoms. The van der Waals surface area contributed by atoms with Crippen LogP contribution in [0.1, 0.15) is 62.6 Å². The van der Waals surface area contributed by atoms with Gasteiger partial charge in [-0.1, -0.05) is 51.0 Å². The molecule has 0 bridgehead atoms. The van der Waals surface area contributed by atoms with E-state index in [0.717, 1.165) is 5.56 Å². The second-order valence-electron chi connectivity index (χ2n) is 7.31. The smallest absolute Gasteiger partial charge is 0.223 e. The van der Waals surface area contributed by atoms with Crippen molar-refractivity contribution >= 4 is 18.3 Å². The third-order valence-corrected chi connectivity index (χ3v) is 5.49. The van der Waals surface area contributed by atoms with E-state index in [9.17, 15) is 4.79 Å². The van der Waals surface area contributed by atoms with Gasteiger partial charge in [-0.15, -0.1) is 12.4 Å². The lowest BCUT2D eigenvalue weighted by Gasteiger charge is -2.14. The molecule has 3 atom stereocenters. The van der Waals surface area contributed by atoms with Crippen molar-refractivity contribution in [2.75, 3.05) is 6.54 Å². The normalized spacial score (nSPS) is 26.9. The van der Waals surface area contributed by atoms with E-state index >= 15 is 0 Å². The molecule has 3 unspecified atom stereocenters. The van der Waals surface area contributed by atoms with Gasteiger partial charge in [0, 0.05) is 18.5 Å². The van der Waals surface area contributed by atoms with Gasteiger partial charge in [0.2, 0.25) is 5.91 Å². The van der Waals surface area contributed by atoms with Crippen molar-refractivity contribution in [3.8, 4) is 0 Å². The number of halogens is 1. The minimum absolute atomic E-state index is 0. The first kappa shape index (κ1) is 18.3. The maximum absolute atomic E-state index is 12.3. The summed E-state index contributed by atoms with van der Waals surface area (Å²) in [4.78, 5) is 12.3. The van der Waals surface area contributed by atoms with Gasteiger partial charge >= 0.3 is 0 Å². The van der Waals surface area contributed by atoms with Crippen LogP contribution in [-0.2, 0) is 4.79 Å². The first-order valence-corrected chi connectivity index (χ1v) is 8.71. The van der Waals surface area contributed by atoms with E-state index in [-0.39, 0.29) is 30.3 Å². The monoisotopic (exact) mass is 336 g/mol. The van der Waals surface area contributed by atoms with E-state index in [1.54, 1.807) is 0 Å². The summed E-state index contributed by atoms with van der Waals surface area (Å²) < 4.78 is 0. The Labute approximate surface area is 145 Å². The maximum Gasteiger partial charge on any atom is 0.223 e. The fourth-order valence-electron chi connectivity index (χ4n) is 3.96. The fourth-order valence-corrected chi connectivity index (χ4v) is 3.96. The highest BCUT2D eigenvalue weighted by Gasteiger charge is 2.54. The van der Waals surface area contributed by atoms with Crippen LogP contribution in [0.2, 0.25) is 0 Å². The first-order chi connectivity index (χ1) is 10.6. The minimum Gasteiger partial charge on any atom is -0.354 e. The van der Waals surface area contributed by atoms with E-state index in [4.69, 9.17) is 5.73 Å². The van der Waals surface area contributed by atoms with Crippen LogP contribution in [0.3, 0.4) is 0 Å². The first-order valence-electron chi connectivity index (χ1n) is 8.71. The van der Waals surface area contributed by atoms with Crippen LogP contribution in [0.5, 0.6) is 0 Å². The molecule has 2 fully saturated rings. The topological polar surface area (TPSA) is 55.1 Å². The van der Waals surface area contributed by atoms with Crippen LogP contribution < -0.4 is 11.1 Å². The van der Waals surface area contributed by atoms with Crippen molar-refractivity contribution in [1.82, 2.24) is 5.32 Å². The van der Waals surface area contributed by atoms with Gasteiger partial charge in [0.25, 0.3) is 0 Å². The van der Waals surface area contributed by atoms with Gasteiger partial charge in [0.15, 0.2) is 0 Å². The molecule has 0 spiro atoms. The zero-order valence-electron chi connectivity index (χ0n) is 14.1. The number of hydrogen-bond donors (Lipinski definition) is 2. The zero-order chi connectivity index (χ0) is 15.7. The molecule has 2 saturated carbocycles. The summed E-state index contributed by atoms with van der Waals surface area (Å²) in [6.45, 7) is 4.91. The zero-order valence-corrected chi connectivity index (χ0v) is 14.9. The number of amides is 1. The lowest BCUT2D eigenvalue weighted by atomic mass is 9.99. The summed E-state index contributed by atoms with van der Waals surface area (Å²) in [5.41, 5.74) is 8.64. The lowest BCUT2D eigenvalue weighted by molar-refractivity contribution is -0.122. The van der Waals surface area contributed by atoms with Crippen LogP contribution in [0, 0.1) is 17.8 Å². The molecule has 1 aromatic rings. The molecule has 1 amide bonds. The van der Waals surface area contributed by atoms with Gasteiger partial charge in [-0.05, 0) is 41.7 Å². The Kier molecular flexibility index (Phi) is 6.10. The molecular weight excluding hydrogens is 308 g/mol. The van der Waals surface area contributed by atoms with Gasteiger partial charge in [-0.3, -0.25) is 4.79 Å². The summed E-state index contributed by atoms with van der Waals surface area (Å²) in [7, 11) is 0. The molecule has 128 valence electrons. The van der Waals surface area contributed by atoms with Gasteiger partial charge in [0.05, 0.1) is 0 Å². The molecule has 2 aliphatic rings.